The summed E-state index contributed by atoms with van der Waals surface area (Å²) in [5.41, 5.74) is 0. The molecule has 2 fully saturated rings. The predicted octanol–water partition coefficient (Wildman–Crippen LogP) is 0.289. The van der Waals surface area contributed by atoms with Crippen LogP contribution in [-0.2, 0) is 4.79 Å². The maximum absolute atomic E-state index is 11.2. The van der Waals surface area contributed by atoms with Crippen molar-refractivity contribution in [2.24, 2.45) is 0 Å². The van der Waals surface area contributed by atoms with Crippen molar-refractivity contribution >= 4 is 5.91 Å². The van der Waals surface area contributed by atoms with Gasteiger partial charge in [-0.3, -0.25) is 4.79 Å². The van der Waals surface area contributed by atoms with Crippen LogP contribution in [0.15, 0.2) is 0 Å². The molecule has 2 aliphatic heterocycles. The van der Waals surface area contributed by atoms with Gasteiger partial charge in [0.05, 0.1) is 0 Å². The minimum absolute atomic E-state index is 0.209. The lowest BCUT2D eigenvalue weighted by molar-refractivity contribution is -0.127. The SMILES string of the molecule is CC(=O)N1CCC(NC2CC(C)N(C)C2)C1. The molecule has 3 unspecified atom stereocenters. The number of hydrogen-bond acceptors (Lipinski definition) is 3. The molecule has 16 heavy (non-hydrogen) atoms. The Kier molecular flexibility index (Phi) is 3.50. The van der Waals surface area contributed by atoms with Gasteiger partial charge in [0.25, 0.3) is 0 Å². The van der Waals surface area contributed by atoms with E-state index in [-0.39, 0.29) is 5.91 Å². The number of amides is 1. The smallest absolute Gasteiger partial charge is 0.219 e. The molecule has 1 amide bonds. The minimum atomic E-state index is 0.209. The van der Waals surface area contributed by atoms with E-state index < -0.39 is 0 Å². The van der Waals surface area contributed by atoms with Gasteiger partial charge in [0, 0.05) is 44.7 Å². The quantitative estimate of drug-likeness (QED) is 0.734. The molecule has 0 radical (unpaired) electrons. The number of nitrogens with one attached hydrogen (secondary N) is 1. The van der Waals surface area contributed by atoms with Crippen molar-refractivity contribution < 1.29 is 4.79 Å². The summed E-state index contributed by atoms with van der Waals surface area (Å²) in [6.07, 6.45) is 2.33. The van der Waals surface area contributed by atoms with Gasteiger partial charge >= 0.3 is 0 Å². The zero-order valence-electron chi connectivity index (χ0n) is 10.6. The van der Waals surface area contributed by atoms with Crippen LogP contribution in [0.1, 0.15) is 26.7 Å². The van der Waals surface area contributed by atoms with Crippen LogP contribution in [0.2, 0.25) is 0 Å². The van der Waals surface area contributed by atoms with Crippen LogP contribution in [0.5, 0.6) is 0 Å². The second kappa shape index (κ2) is 4.72. The van der Waals surface area contributed by atoms with E-state index in [0.717, 1.165) is 26.1 Å². The van der Waals surface area contributed by atoms with E-state index in [1.165, 1.54) is 6.42 Å². The zero-order valence-corrected chi connectivity index (χ0v) is 10.6. The standard InChI is InChI=1S/C12H23N3O/c1-9-6-12(7-14(9)3)13-11-4-5-15(8-11)10(2)16/h9,11-13H,4-8H2,1-3H3. The minimum Gasteiger partial charge on any atom is -0.341 e. The van der Waals surface area contributed by atoms with Gasteiger partial charge in [-0.05, 0) is 26.8 Å². The van der Waals surface area contributed by atoms with Crippen molar-refractivity contribution in [3.05, 3.63) is 0 Å². The Morgan fingerprint density at radius 2 is 2.06 bits per heavy atom. The van der Waals surface area contributed by atoms with Crippen molar-refractivity contribution in [3.63, 3.8) is 0 Å². The highest BCUT2D eigenvalue weighted by molar-refractivity contribution is 5.73. The van der Waals surface area contributed by atoms with Gasteiger partial charge < -0.3 is 15.1 Å². The Morgan fingerprint density at radius 1 is 1.31 bits per heavy atom. The first-order valence-electron chi connectivity index (χ1n) is 6.28. The maximum Gasteiger partial charge on any atom is 0.219 e. The van der Waals surface area contributed by atoms with Crippen molar-refractivity contribution in [3.8, 4) is 0 Å². The average Bonchev–Trinajstić information content (AvgIpc) is 2.76. The van der Waals surface area contributed by atoms with E-state index in [4.69, 9.17) is 0 Å². The van der Waals surface area contributed by atoms with Gasteiger partial charge in [-0.1, -0.05) is 0 Å². The van der Waals surface area contributed by atoms with Crippen LogP contribution in [-0.4, -0.2) is 60.5 Å². The first-order valence-corrected chi connectivity index (χ1v) is 6.28. The van der Waals surface area contributed by atoms with Gasteiger partial charge in [-0.25, -0.2) is 0 Å². The zero-order chi connectivity index (χ0) is 11.7. The van der Waals surface area contributed by atoms with E-state index >= 15 is 0 Å². The third-order valence-electron chi connectivity index (χ3n) is 3.99. The van der Waals surface area contributed by atoms with E-state index in [2.05, 4.69) is 24.2 Å². The number of carbonyl (C=O) groups is 1. The monoisotopic (exact) mass is 225 g/mol. The van der Waals surface area contributed by atoms with Crippen molar-refractivity contribution in [1.29, 1.82) is 0 Å². The molecule has 0 aromatic rings. The largest absolute Gasteiger partial charge is 0.341 e. The lowest BCUT2D eigenvalue weighted by Gasteiger charge is -2.19. The molecule has 92 valence electrons. The Labute approximate surface area is 98.0 Å². The number of likely N-dealkylation sites (tertiary alicyclic amines) is 2. The van der Waals surface area contributed by atoms with E-state index in [1.807, 2.05) is 4.90 Å². The second-order valence-corrected chi connectivity index (χ2v) is 5.34. The Morgan fingerprint density at radius 3 is 2.56 bits per heavy atom. The highest BCUT2D eigenvalue weighted by atomic mass is 16.2. The third-order valence-corrected chi connectivity index (χ3v) is 3.99. The molecule has 0 saturated carbocycles. The molecule has 0 aliphatic carbocycles. The number of carbonyl (C=O) groups excluding carboxylic acids is 1. The summed E-state index contributed by atoms with van der Waals surface area (Å²) in [4.78, 5) is 15.6. The average molecular weight is 225 g/mol. The van der Waals surface area contributed by atoms with Gasteiger partial charge in [0.2, 0.25) is 5.91 Å². The third kappa shape index (κ3) is 2.55. The first-order chi connectivity index (χ1) is 7.56. The predicted molar refractivity (Wildman–Crippen MR) is 64.3 cm³/mol. The number of likely N-dealkylation sites (N-methyl/N-ethyl adjacent to an activating group) is 1. The molecule has 3 atom stereocenters. The Hall–Kier alpha value is -0.610. The highest BCUT2D eigenvalue weighted by Gasteiger charge is 2.30. The molecular weight excluding hydrogens is 202 g/mol. The summed E-state index contributed by atoms with van der Waals surface area (Å²) in [6, 6.07) is 1.80. The van der Waals surface area contributed by atoms with Crippen LogP contribution in [0.4, 0.5) is 0 Å². The number of rotatable bonds is 2. The molecule has 0 aromatic carbocycles. The maximum atomic E-state index is 11.2. The van der Waals surface area contributed by atoms with Crippen molar-refractivity contribution in [2.45, 2.75) is 44.8 Å². The number of hydrogen-bond donors (Lipinski definition) is 1. The topological polar surface area (TPSA) is 35.6 Å². The van der Waals surface area contributed by atoms with Crippen LogP contribution in [0.3, 0.4) is 0 Å². The van der Waals surface area contributed by atoms with Crippen LogP contribution >= 0.6 is 0 Å². The molecule has 1 N–H and O–H groups in total. The molecule has 2 heterocycles. The fourth-order valence-electron chi connectivity index (χ4n) is 2.83. The van der Waals surface area contributed by atoms with Gasteiger partial charge in [-0.15, -0.1) is 0 Å². The first kappa shape index (κ1) is 11.9. The number of nitrogens with zero attached hydrogens (tertiary/aromatic N) is 2. The van der Waals surface area contributed by atoms with Gasteiger partial charge in [-0.2, -0.15) is 0 Å². The van der Waals surface area contributed by atoms with E-state index in [0.29, 0.717) is 18.1 Å². The lowest BCUT2D eigenvalue weighted by atomic mass is 10.1. The highest BCUT2D eigenvalue weighted by Crippen LogP contribution is 2.17. The van der Waals surface area contributed by atoms with Crippen LogP contribution < -0.4 is 5.32 Å². The van der Waals surface area contributed by atoms with Crippen LogP contribution in [0.25, 0.3) is 0 Å². The van der Waals surface area contributed by atoms with Crippen LogP contribution in [0, 0.1) is 0 Å². The Bertz CT molecular complexity index is 259. The van der Waals surface area contributed by atoms with E-state index in [9.17, 15) is 4.79 Å². The summed E-state index contributed by atoms with van der Waals surface area (Å²) < 4.78 is 0. The second-order valence-electron chi connectivity index (χ2n) is 5.34. The van der Waals surface area contributed by atoms with E-state index in [1.54, 1.807) is 6.92 Å². The summed E-state index contributed by atoms with van der Waals surface area (Å²) in [5, 5.41) is 3.69. The van der Waals surface area contributed by atoms with Gasteiger partial charge in [0.1, 0.15) is 0 Å². The molecule has 0 aromatic heterocycles. The lowest BCUT2D eigenvalue weighted by Crippen LogP contribution is -2.41. The molecule has 0 bridgehead atoms. The Balaban J connectivity index is 1.77. The van der Waals surface area contributed by atoms with Crippen molar-refractivity contribution in [2.75, 3.05) is 26.7 Å². The fraction of sp³-hybridized carbons (Fsp3) is 0.917. The molecule has 4 nitrogen and oxygen atoms in total. The molecule has 0 spiro atoms. The summed E-state index contributed by atoms with van der Waals surface area (Å²) in [6.45, 7) is 6.89. The molecule has 4 heteroatoms. The molecular formula is C12H23N3O. The van der Waals surface area contributed by atoms with Crippen molar-refractivity contribution in [1.82, 2.24) is 15.1 Å². The van der Waals surface area contributed by atoms with Gasteiger partial charge in [0.15, 0.2) is 0 Å². The summed E-state index contributed by atoms with van der Waals surface area (Å²) in [7, 11) is 2.18. The molecule has 2 rings (SSSR count). The summed E-state index contributed by atoms with van der Waals surface area (Å²) >= 11 is 0. The fourth-order valence-corrected chi connectivity index (χ4v) is 2.83. The summed E-state index contributed by atoms with van der Waals surface area (Å²) in [5.74, 6) is 0.209. The normalized spacial score (nSPS) is 35.9. The molecule has 2 aliphatic rings. The molecule has 2 saturated heterocycles.